The fourth-order valence-electron chi connectivity index (χ4n) is 2.73. The number of rotatable bonds is 3. The Kier molecular flexibility index (Phi) is 4.47. The minimum absolute atomic E-state index is 0.00719. The summed E-state index contributed by atoms with van der Waals surface area (Å²) in [5, 5.41) is 2.56. The molecule has 0 aliphatic rings. The van der Waals surface area contributed by atoms with Gasteiger partial charge in [0.1, 0.15) is 0 Å². The molecular formula is C18H14ClF3N2O. The van der Waals surface area contributed by atoms with E-state index < -0.39 is 11.7 Å². The molecule has 0 atom stereocenters. The van der Waals surface area contributed by atoms with Crippen LogP contribution in [-0.4, -0.2) is 9.78 Å². The number of hydrogen-bond donors (Lipinski definition) is 1. The Bertz CT molecular complexity index is 959. The molecule has 1 aromatic heterocycles. The Balaban J connectivity index is 1.99. The fraction of sp³-hybridized carbons (Fsp3) is 0.167. The van der Waals surface area contributed by atoms with Crippen molar-refractivity contribution >= 4 is 11.6 Å². The molecule has 0 saturated heterocycles. The molecule has 0 fully saturated rings. The van der Waals surface area contributed by atoms with Gasteiger partial charge in [-0.3, -0.25) is 9.89 Å². The molecule has 0 unspecified atom stereocenters. The summed E-state index contributed by atoms with van der Waals surface area (Å²) in [6.45, 7) is 1.75. The van der Waals surface area contributed by atoms with E-state index in [-0.39, 0.29) is 17.1 Å². The van der Waals surface area contributed by atoms with Gasteiger partial charge in [0.2, 0.25) is 0 Å². The third-order valence-electron chi connectivity index (χ3n) is 3.88. The zero-order valence-electron chi connectivity index (χ0n) is 13.2. The van der Waals surface area contributed by atoms with Crippen LogP contribution in [0.25, 0.3) is 11.1 Å². The minimum Gasteiger partial charge on any atom is -0.299 e. The number of nitrogens with zero attached hydrogens (tertiary/aromatic N) is 1. The van der Waals surface area contributed by atoms with E-state index >= 15 is 0 Å². The number of nitrogens with one attached hydrogen (secondary N) is 1. The van der Waals surface area contributed by atoms with Gasteiger partial charge in [-0.05, 0) is 30.2 Å². The monoisotopic (exact) mass is 366 g/mol. The second kappa shape index (κ2) is 6.44. The van der Waals surface area contributed by atoms with Gasteiger partial charge in [-0.25, -0.2) is 4.68 Å². The van der Waals surface area contributed by atoms with Crippen LogP contribution in [-0.2, 0) is 12.7 Å². The average Bonchev–Trinajstić information content (AvgIpc) is 2.83. The summed E-state index contributed by atoms with van der Waals surface area (Å²) in [5.41, 5.74) is 1.05. The van der Waals surface area contributed by atoms with E-state index in [0.717, 1.165) is 11.6 Å². The molecule has 1 heterocycles. The lowest BCUT2D eigenvalue weighted by atomic mass is 10.1. The summed E-state index contributed by atoms with van der Waals surface area (Å²) in [7, 11) is 0. The van der Waals surface area contributed by atoms with Crippen LogP contribution in [0.4, 0.5) is 13.2 Å². The smallest absolute Gasteiger partial charge is 0.299 e. The Hall–Kier alpha value is -2.47. The molecule has 1 N–H and O–H groups in total. The van der Waals surface area contributed by atoms with Gasteiger partial charge in [-0.1, -0.05) is 48.0 Å². The SMILES string of the molecule is Cc1[nH]n(Cc2ccc(Cl)c(C(F)(F)F)c2)c(=O)c1-c1ccccc1. The highest BCUT2D eigenvalue weighted by Crippen LogP contribution is 2.35. The van der Waals surface area contributed by atoms with Crippen molar-refractivity contribution in [1.82, 2.24) is 9.78 Å². The summed E-state index contributed by atoms with van der Waals surface area (Å²) in [5.74, 6) is 0. The lowest BCUT2D eigenvalue weighted by Crippen LogP contribution is -2.19. The number of aromatic amines is 1. The quantitative estimate of drug-likeness (QED) is 0.705. The second-order valence-electron chi connectivity index (χ2n) is 5.68. The van der Waals surface area contributed by atoms with Gasteiger partial charge >= 0.3 is 6.18 Å². The Morgan fingerprint density at radius 3 is 2.44 bits per heavy atom. The first-order chi connectivity index (χ1) is 11.8. The number of alkyl halides is 3. The van der Waals surface area contributed by atoms with Crippen LogP contribution in [0.15, 0.2) is 53.3 Å². The Morgan fingerprint density at radius 1 is 1.12 bits per heavy atom. The lowest BCUT2D eigenvalue weighted by Gasteiger charge is -2.11. The Morgan fingerprint density at radius 2 is 1.80 bits per heavy atom. The van der Waals surface area contributed by atoms with Crippen molar-refractivity contribution in [2.75, 3.05) is 0 Å². The van der Waals surface area contributed by atoms with E-state index in [1.165, 1.54) is 16.8 Å². The van der Waals surface area contributed by atoms with E-state index in [0.29, 0.717) is 16.8 Å². The second-order valence-corrected chi connectivity index (χ2v) is 6.09. The topological polar surface area (TPSA) is 37.8 Å². The van der Waals surface area contributed by atoms with Crippen LogP contribution in [0.3, 0.4) is 0 Å². The van der Waals surface area contributed by atoms with E-state index in [1.807, 2.05) is 30.3 Å². The van der Waals surface area contributed by atoms with Gasteiger partial charge in [0.25, 0.3) is 5.56 Å². The molecule has 0 amide bonds. The van der Waals surface area contributed by atoms with Crippen molar-refractivity contribution in [3.63, 3.8) is 0 Å². The van der Waals surface area contributed by atoms with Gasteiger partial charge in [-0.2, -0.15) is 13.2 Å². The Labute approximate surface area is 146 Å². The highest BCUT2D eigenvalue weighted by molar-refractivity contribution is 6.31. The standard InChI is InChI=1S/C18H14ClF3N2O/c1-11-16(13-5-3-2-4-6-13)17(25)24(23-11)10-12-7-8-15(19)14(9-12)18(20,21)22/h2-9,23H,10H2,1H3. The zero-order valence-corrected chi connectivity index (χ0v) is 13.9. The molecule has 3 nitrogen and oxygen atoms in total. The van der Waals surface area contributed by atoms with Crippen LogP contribution < -0.4 is 5.56 Å². The van der Waals surface area contributed by atoms with Gasteiger partial charge in [0.05, 0.1) is 22.7 Å². The van der Waals surface area contributed by atoms with Crippen molar-refractivity contribution in [1.29, 1.82) is 0 Å². The number of benzene rings is 2. The van der Waals surface area contributed by atoms with Crippen LogP contribution in [0.5, 0.6) is 0 Å². The van der Waals surface area contributed by atoms with Gasteiger partial charge < -0.3 is 0 Å². The van der Waals surface area contributed by atoms with Gasteiger partial charge in [-0.15, -0.1) is 0 Å². The highest BCUT2D eigenvalue weighted by Gasteiger charge is 2.33. The number of halogens is 4. The first-order valence-electron chi connectivity index (χ1n) is 7.48. The molecule has 130 valence electrons. The zero-order chi connectivity index (χ0) is 18.2. The maximum atomic E-state index is 13.0. The summed E-state index contributed by atoms with van der Waals surface area (Å²) >= 11 is 5.63. The van der Waals surface area contributed by atoms with E-state index in [2.05, 4.69) is 5.10 Å². The van der Waals surface area contributed by atoms with Crippen molar-refractivity contribution in [2.45, 2.75) is 19.6 Å². The van der Waals surface area contributed by atoms with Crippen LogP contribution >= 0.6 is 11.6 Å². The third kappa shape index (κ3) is 3.49. The van der Waals surface area contributed by atoms with Crippen molar-refractivity contribution in [3.05, 3.63) is 80.7 Å². The van der Waals surface area contributed by atoms with Crippen molar-refractivity contribution < 1.29 is 13.2 Å². The number of hydrogen-bond acceptors (Lipinski definition) is 1. The van der Waals surface area contributed by atoms with Crippen molar-refractivity contribution in [2.24, 2.45) is 0 Å². The number of aromatic nitrogens is 2. The maximum Gasteiger partial charge on any atom is 0.417 e. The first-order valence-corrected chi connectivity index (χ1v) is 7.85. The van der Waals surface area contributed by atoms with Crippen molar-refractivity contribution in [3.8, 4) is 11.1 Å². The molecule has 0 bridgehead atoms. The normalized spacial score (nSPS) is 11.7. The minimum atomic E-state index is -4.54. The van der Waals surface area contributed by atoms with E-state index in [9.17, 15) is 18.0 Å². The van der Waals surface area contributed by atoms with E-state index in [4.69, 9.17) is 11.6 Å². The van der Waals surface area contributed by atoms with Crippen LogP contribution in [0.2, 0.25) is 5.02 Å². The molecule has 0 spiro atoms. The van der Waals surface area contributed by atoms with Crippen LogP contribution in [0.1, 0.15) is 16.8 Å². The molecule has 0 aliphatic heterocycles. The summed E-state index contributed by atoms with van der Waals surface area (Å²) in [6, 6.07) is 12.7. The largest absolute Gasteiger partial charge is 0.417 e. The molecule has 2 aromatic carbocycles. The number of H-pyrrole nitrogens is 1. The third-order valence-corrected chi connectivity index (χ3v) is 4.21. The molecule has 0 saturated carbocycles. The van der Waals surface area contributed by atoms with E-state index in [1.54, 1.807) is 6.92 Å². The average molecular weight is 367 g/mol. The molecule has 0 aliphatic carbocycles. The molecule has 25 heavy (non-hydrogen) atoms. The van der Waals surface area contributed by atoms with Crippen LogP contribution in [0, 0.1) is 6.92 Å². The predicted molar refractivity (Wildman–Crippen MR) is 90.8 cm³/mol. The number of aryl methyl sites for hydroxylation is 1. The predicted octanol–water partition coefficient (Wildman–Crippen LogP) is 4.87. The van der Waals surface area contributed by atoms with Gasteiger partial charge in [0, 0.05) is 5.69 Å². The highest BCUT2D eigenvalue weighted by atomic mass is 35.5. The molecule has 7 heteroatoms. The van der Waals surface area contributed by atoms with Gasteiger partial charge in [0.15, 0.2) is 0 Å². The summed E-state index contributed by atoms with van der Waals surface area (Å²) < 4.78 is 40.2. The maximum absolute atomic E-state index is 13.0. The first kappa shape index (κ1) is 17.4. The molecular weight excluding hydrogens is 353 g/mol. The molecule has 3 rings (SSSR count). The summed E-state index contributed by atoms with van der Waals surface area (Å²) in [6.07, 6.45) is -4.54. The fourth-order valence-corrected chi connectivity index (χ4v) is 2.96. The lowest BCUT2D eigenvalue weighted by molar-refractivity contribution is -0.137. The summed E-state index contributed by atoms with van der Waals surface area (Å²) in [4.78, 5) is 12.6. The molecule has 0 radical (unpaired) electrons. The molecule has 3 aromatic rings.